The molecule has 0 aromatic heterocycles. The maximum atomic E-state index is 10.6. The summed E-state index contributed by atoms with van der Waals surface area (Å²) in [6.45, 7) is 1.87. The highest BCUT2D eigenvalue weighted by atomic mass is 79.9. The van der Waals surface area contributed by atoms with Gasteiger partial charge in [-0.3, -0.25) is 0 Å². The molecule has 0 fully saturated rings. The summed E-state index contributed by atoms with van der Waals surface area (Å²) in [6.07, 6.45) is 1.22. The molecular weight excluding hydrogens is 316 g/mol. The van der Waals surface area contributed by atoms with Crippen LogP contribution in [0.15, 0.2) is 53.0 Å². The van der Waals surface area contributed by atoms with Crippen molar-refractivity contribution in [2.24, 2.45) is 0 Å². The van der Waals surface area contributed by atoms with Gasteiger partial charge in [-0.2, -0.15) is 0 Å². The van der Waals surface area contributed by atoms with Gasteiger partial charge >= 0.3 is 0 Å². The molecule has 3 heteroatoms. The van der Waals surface area contributed by atoms with Crippen molar-refractivity contribution in [2.75, 3.05) is 7.11 Å². The van der Waals surface area contributed by atoms with Crippen molar-refractivity contribution in [1.82, 2.24) is 0 Å². The van der Waals surface area contributed by atoms with Crippen LogP contribution in [-0.4, -0.2) is 17.8 Å². The van der Waals surface area contributed by atoms with Crippen LogP contribution >= 0.6 is 15.9 Å². The SMILES string of the molecule is COc1ccc(CC(C)(O)Cc2ccccc2Br)cc1. The standard InChI is InChI=1S/C17H19BrO2/c1-17(19,12-14-5-3-4-6-16(14)18)11-13-7-9-15(20-2)10-8-13/h3-10,19H,11-12H2,1-2H3. The van der Waals surface area contributed by atoms with E-state index < -0.39 is 5.60 Å². The third-order valence-electron chi connectivity index (χ3n) is 3.27. The Balaban J connectivity index is 2.08. The summed E-state index contributed by atoms with van der Waals surface area (Å²) in [5, 5.41) is 10.6. The molecular formula is C17H19BrO2. The summed E-state index contributed by atoms with van der Waals surface area (Å²) >= 11 is 3.53. The van der Waals surface area contributed by atoms with Gasteiger partial charge in [0.15, 0.2) is 0 Å². The molecule has 0 aliphatic rings. The highest BCUT2D eigenvalue weighted by Crippen LogP contribution is 2.24. The maximum Gasteiger partial charge on any atom is 0.118 e. The quantitative estimate of drug-likeness (QED) is 0.895. The van der Waals surface area contributed by atoms with Crippen LogP contribution in [-0.2, 0) is 12.8 Å². The molecule has 0 heterocycles. The minimum absolute atomic E-state index is 0.609. The molecule has 2 nitrogen and oxygen atoms in total. The Morgan fingerprint density at radius 1 is 1.05 bits per heavy atom. The van der Waals surface area contributed by atoms with Crippen LogP contribution in [0.25, 0.3) is 0 Å². The van der Waals surface area contributed by atoms with Crippen molar-refractivity contribution in [3.63, 3.8) is 0 Å². The molecule has 20 heavy (non-hydrogen) atoms. The Morgan fingerprint density at radius 2 is 1.70 bits per heavy atom. The lowest BCUT2D eigenvalue weighted by atomic mass is 9.90. The van der Waals surface area contributed by atoms with E-state index in [2.05, 4.69) is 15.9 Å². The smallest absolute Gasteiger partial charge is 0.118 e. The molecule has 106 valence electrons. The van der Waals surface area contributed by atoms with E-state index in [0.29, 0.717) is 12.8 Å². The molecule has 1 atom stereocenters. The fraction of sp³-hybridized carbons (Fsp3) is 0.294. The number of methoxy groups -OCH3 is 1. The lowest BCUT2D eigenvalue weighted by Crippen LogP contribution is -2.30. The molecule has 1 N–H and O–H groups in total. The summed E-state index contributed by atoms with van der Waals surface area (Å²) in [6, 6.07) is 15.8. The topological polar surface area (TPSA) is 29.5 Å². The Kier molecular flexibility index (Phi) is 4.84. The van der Waals surface area contributed by atoms with E-state index in [1.807, 2.05) is 55.5 Å². The normalized spacial score (nSPS) is 13.8. The number of hydrogen-bond donors (Lipinski definition) is 1. The minimum atomic E-state index is -0.779. The second-order valence-corrected chi connectivity index (χ2v) is 6.14. The molecule has 2 aromatic carbocycles. The summed E-state index contributed by atoms with van der Waals surface area (Å²) in [4.78, 5) is 0. The van der Waals surface area contributed by atoms with E-state index in [9.17, 15) is 5.11 Å². The number of aliphatic hydroxyl groups is 1. The lowest BCUT2D eigenvalue weighted by Gasteiger charge is -2.24. The van der Waals surface area contributed by atoms with Gasteiger partial charge in [-0.05, 0) is 36.2 Å². The zero-order valence-electron chi connectivity index (χ0n) is 11.8. The molecule has 0 bridgehead atoms. The van der Waals surface area contributed by atoms with Crippen molar-refractivity contribution in [3.8, 4) is 5.75 Å². The molecule has 2 rings (SSSR count). The van der Waals surface area contributed by atoms with Gasteiger partial charge in [-0.15, -0.1) is 0 Å². The van der Waals surface area contributed by atoms with Crippen LogP contribution in [0.2, 0.25) is 0 Å². The fourth-order valence-corrected chi connectivity index (χ4v) is 2.72. The van der Waals surface area contributed by atoms with Crippen LogP contribution in [0.3, 0.4) is 0 Å². The zero-order valence-corrected chi connectivity index (χ0v) is 13.4. The van der Waals surface area contributed by atoms with Gasteiger partial charge in [-0.25, -0.2) is 0 Å². The Bertz CT molecular complexity index is 561. The first-order valence-electron chi connectivity index (χ1n) is 6.59. The molecule has 0 saturated heterocycles. The van der Waals surface area contributed by atoms with E-state index in [4.69, 9.17) is 4.74 Å². The Hall–Kier alpha value is -1.32. The van der Waals surface area contributed by atoms with Gasteiger partial charge in [0.2, 0.25) is 0 Å². The molecule has 0 amide bonds. The van der Waals surface area contributed by atoms with Gasteiger partial charge in [0.05, 0.1) is 12.7 Å². The molecule has 0 saturated carbocycles. The average Bonchev–Trinajstić information content (AvgIpc) is 2.41. The van der Waals surface area contributed by atoms with Gasteiger partial charge in [-0.1, -0.05) is 46.3 Å². The number of hydrogen-bond acceptors (Lipinski definition) is 2. The molecule has 1 unspecified atom stereocenters. The first kappa shape index (κ1) is 15.1. The van der Waals surface area contributed by atoms with Gasteiger partial charge in [0.1, 0.15) is 5.75 Å². The number of halogens is 1. The van der Waals surface area contributed by atoms with E-state index in [0.717, 1.165) is 21.3 Å². The van der Waals surface area contributed by atoms with Crippen LogP contribution < -0.4 is 4.74 Å². The average molecular weight is 335 g/mol. The van der Waals surface area contributed by atoms with Crippen molar-refractivity contribution in [1.29, 1.82) is 0 Å². The van der Waals surface area contributed by atoms with Gasteiger partial charge in [0, 0.05) is 17.3 Å². The molecule has 0 radical (unpaired) electrons. The maximum absolute atomic E-state index is 10.6. The van der Waals surface area contributed by atoms with Gasteiger partial charge < -0.3 is 9.84 Å². The molecule has 2 aromatic rings. The number of ether oxygens (including phenoxy) is 1. The van der Waals surface area contributed by atoms with Crippen molar-refractivity contribution in [3.05, 3.63) is 64.1 Å². The van der Waals surface area contributed by atoms with Crippen molar-refractivity contribution >= 4 is 15.9 Å². The van der Waals surface area contributed by atoms with Crippen molar-refractivity contribution < 1.29 is 9.84 Å². The van der Waals surface area contributed by atoms with Crippen LogP contribution in [0.1, 0.15) is 18.1 Å². The second kappa shape index (κ2) is 6.42. The first-order chi connectivity index (χ1) is 9.50. The minimum Gasteiger partial charge on any atom is -0.497 e. The summed E-state index contributed by atoms with van der Waals surface area (Å²) in [5.74, 6) is 0.833. The second-order valence-electron chi connectivity index (χ2n) is 5.29. The fourth-order valence-electron chi connectivity index (χ4n) is 2.30. The Labute approximate surface area is 128 Å². The van der Waals surface area contributed by atoms with E-state index in [1.165, 1.54) is 0 Å². The zero-order chi connectivity index (χ0) is 14.6. The Morgan fingerprint density at radius 3 is 2.30 bits per heavy atom. The summed E-state index contributed by atoms with van der Waals surface area (Å²) in [5.41, 5.74) is 1.44. The summed E-state index contributed by atoms with van der Waals surface area (Å²) < 4.78 is 6.18. The molecule has 0 spiro atoms. The number of benzene rings is 2. The highest BCUT2D eigenvalue weighted by Gasteiger charge is 2.22. The highest BCUT2D eigenvalue weighted by molar-refractivity contribution is 9.10. The predicted molar refractivity (Wildman–Crippen MR) is 85.2 cm³/mol. The van der Waals surface area contributed by atoms with E-state index in [-0.39, 0.29) is 0 Å². The van der Waals surface area contributed by atoms with Crippen LogP contribution in [0.4, 0.5) is 0 Å². The third-order valence-corrected chi connectivity index (χ3v) is 4.05. The molecule has 0 aliphatic carbocycles. The van der Waals surface area contributed by atoms with Crippen LogP contribution in [0, 0.1) is 0 Å². The lowest BCUT2D eigenvalue weighted by molar-refractivity contribution is 0.0606. The summed E-state index contributed by atoms with van der Waals surface area (Å²) in [7, 11) is 1.65. The van der Waals surface area contributed by atoms with E-state index in [1.54, 1.807) is 7.11 Å². The largest absolute Gasteiger partial charge is 0.497 e. The molecule has 0 aliphatic heterocycles. The first-order valence-corrected chi connectivity index (χ1v) is 7.38. The number of rotatable bonds is 5. The van der Waals surface area contributed by atoms with Crippen LogP contribution in [0.5, 0.6) is 5.75 Å². The van der Waals surface area contributed by atoms with Crippen molar-refractivity contribution in [2.45, 2.75) is 25.4 Å². The third kappa shape index (κ3) is 4.09. The predicted octanol–water partition coefficient (Wildman–Crippen LogP) is 3.99. The van der Waals surface area contributed by atoms with E-state index >= 15 is 0 Å². The monoisotopic (exact) mass is 334 g/mol. The van der Waals surface area contributed by atoms with Gasteiger partial charge in [0.25, 0.3) is 0 Å².